The average molecular weight is 292 g/mol. The largest absolute Gasteiger partial charge is 0.299 e. The maximum Gasteiger partial charge on any atom is 0.261 e. The SMILES string of the molecule is Cn1c(CCC#N)nc2ccc(Br)cc2c1=O. The first-order chi connectivity index (χ1) is 8.13. The summed E-state index contributed by atoms with van der Waals surface area (Å²) in [7, 11) is 1.68. The van der Waals surface area contributed by atoms with Gasteiger partial charge in [0.05, 0.1) is 17.0 Å². The van der Waals surface area contributed by atoms with Gasteiger partial charge in [-0.05, 0) is 18.2 Å². The van der Waals surface area contributed by atoms with E-state index in [2.05, 4.69) is 27.0 Å². The molecule has 17 heavy (non-hydrogen) atoms. The van der Waals surface area contributed by atoms with Crippen LogP contribution in [0.2, 0.25) is 0 Å². The molecule has 0 N–H and O–H groups in total. The fourth-order valence-corrected chi connectivity index (χ4v) is 2.04. The number of halogens is 1. The van der Waals surface area contributed by atoms with E-state index in [1.807, 2.05) is 6.07 Å². The van der Waals surface area contributed by atoms with E-state index in [9.17, 15) is 4.79 Å². The zero-order chi connectivity index (χ0) is 12.4. The van der Waals surface area contributed by atoms with Crippen molar-refractivity contribution in [1.82, 2.24) is 9.55 Å². The fourth-order valence-electron chi connectivity index (χ4n) is 1.68. The van der Waals surface area contributed by atoms with Gasteiger partial charge < -0.3 is 0 Å². The van der Waals surface area contributed by atoms with Crippen molar-refractivity contribution in [2.24, 2.45) is 7.05 Å². The van der Waals surface area contributed by atoms with Crippen LogP contribution < -0.4 is 5.56 Å². The van der Waals surface area contributed by atoms with E-state index in [0.717, 1.165) is 4.47 Å². The van der Waals surface area contributed by atoms with Crippen molar-refractivity contribution in [1.29, 1.82) is 5.26 Å². The maximum atomic E-state index is 12.1. The van der Waals surface area contributed by atoms with E-state index in [1.165, 1.54) is 4.57 Å². The predicted molar refractivity (Wildman–Crippen MR) is 68.6 cm³/mol. The minimum absolute atomic E-state index is 0.0794. The lowest BCUT2D eigenvalue weighted by Crippen LogP contribution is -2.22. The summed E-state index contributed by atoms with van der Waals surface area (Å²) in [6, 6.07) is 7.47. The van der Waals surface area contributed by atoms with Gasteiger partial charge in [-0.3, -0.25) is 9.36 Å². The Morgan fingerprint density at radius 1 is 1.53 bits per heavy atom. The minimum atomic E-state index is -0.0794. The van der Waals surface area contributed by atoms with Gasteiger partial charge in [0.15, 0.2) is 0 Å². The zero-order valence-corrected chi connectivity index (χ0v) is 10.9. The molecule has 1 heterocycles. The van der Waals surface area contributed by atoms with E-state index in [-0.39, 0.29) is 5.56 Å². The van der Waals surface area contributed by atoms with Crippen LogP contribution in [0.5, 0.6) is 0 Å². The van der Waals surface area contributed by atoms with Gasteiger partial charge in [-0.25, -0.2) is 4.98 Å². The molecular formula is C12H10BrN3O. The van der Waals surface area contributed by atoms with Gasteiger partial charge in [0.1, 0.15) is 5.82 Å². The molecule has 2 rings (SSSR count). The second-order valence-electron chi connectivity index (χ2n) is 3.71. The highest BCUT2D eigenvalue weighted by Gasteiger charge is 2.08. The van der Waals surface area contributed by atoms with E-state index < -0.39 is 0 Å². The lowest BCUT2D eigenvalue weighted by Gasteiger charge is -2.07. The van der Waals surface area contributed by atoms with Crippen molar-refractivity contribution in [3.63, 3.8) is 0 Å². The van der Waals surface area contributed by atoms with E-state index in [0.29, 0.717) is 29.6 Å². The van der Waals surface area contributed by atoms with Gasteiger partial charge in [0.25, 0.3) is 5.56 Å². The highest BCUT2D eigenvalue weighted by molar-refractivity contribution is 9.10. The van der Waals surface area contributed by atoms with Gasteiger partial charge in [-0.1, -0.05) is 15.9 Å². The lowest BCUT2D eigenvalue weighted by molar-refractivity contribution is 0.735. The molecule has 1 aromatic heterocycles. The fraction of sp³-hybridized carbons (Fsp3) is 0.250. The molecule has 0 saturated heterocycles. The number of fused-ring (bicyclic) bond motifs is 1. The highest BCUT2D eigenvalue weighted by atomic mass is 79.9. The molecule has 0 aliphatic rings. The summed E-state index contributed by atoms with van der Waals surface area (Å²) in [5, 5.41) is 9.15. The Hall–Kier alpha value is -1.67. The van der Waals surface area contributed by atoms with Crippen LogP contribution in [-0.2, 0) is 13.5 Å². The second-order valence-corrected chi connectivity index (χ2v) is 4.63. The topological polar surface area (TPSA) is 58.7 Å². The number of hydrogen-bond donors (Lipinski definition) is 0. The van der Waals surface area contributed by atoms with Crippen LogP contribution in [0.25, 0.3) is 10.9 Å². The monoisotopic (exact) mass is 291 g/mol. The third-order valence-corrected chi connectivity index (χ3v) is 3.08. The molecule has 86 valence electrons. The van der Waals surface area contributed by atoms with Crippen LogP contribution in [0.3, 0.4) is 0 Å². The van der Waals surface area contributed by atoms with Crippen molar-refractivity contribution < 1.29 is 0 Å². The number of hydrogen-bond acceptors (Lipinski definition) is 3. The summed E-state index contributed by atoms with van der Waals surface area (Å²) in [4.78, 5) is 16.5. The number of nitriles is 1. The first kappa shape index (κ1) is 11.8. The number of aromatic nitrogens is 2. The predicted octanol–water partition coefficient (Wildman–Crippen LogP) is 2.15. The minimum Gasteiger partial charge on any atom is -0.299 e. The molecule has 0 unspecified atom stereocenters. The molecule has 2 aromatic rings. The van der Waals surface area contributed by atoms with E-state index >= 15 is 0 Å². The zero-order valence-electron chi connectivity index (χ0n) is 9.27. The molecule has 0 atom stereocenters. The van der Waals surface area contributed by atoms with Gasteiger partial charge in [-0.2, -0.15) is 5.26 Å². The third kappa shape index (κ3) is 2.22. The van der Waals surface area contributed by atoms with Gasteiger partial charge in [-0.15, -0.1) is 0 Å². The molecule has 0 amide bonds. The summed E-state index contributed by atoms with van der Waals surface area (Å²) in [6.45, 7) is 0. The smallest absolute Gasteiger partial charge is 0.261 e. The number of nitrogens with zero attached hydrogens (tertiary/aromatic N) is 3. The van der Waals surface area contributed by atoms with Crippen LogP contribution in [-0.4, -0.2) is 9.55 Å². The number of rotatable bonds is 2. The first-order valence-corrected chi connectivity index (χ1v) is 5.95. The Morgan fingerprint density at radius 3 is 3.00 bits per heavy atom. The molecule has 4 nitrogen and oxygen atoms in total. The van der Waals surface area contributed by atoms with Crippen LogP contribution >= 0.6 is 15.9 Å². The number of benzene rings is 1. The van der Waals surface area contributed by atoms with Gasteiger partial charge in [0, 0.05) is 24.4 Å². The molecule has 5 heteroatoms. The Labute approximate surface area is 107 Å². The average Bonchev–Trinajstić information content (AvgIpc) is 2.33. The maximum absolute atomic E-state index is 12.1. The van der Waals surface area contributed by atoms with Crippen molar-refractivity contribution in [3.8, 4) is 6.07 Å². The molecule has 0 bridgehead atoms. The Balaban J connectivity index is 2.67. The lowest BCUT2D eigenvalue weighted by atomic mass is 10.2. The summed E-state index contributed by atoms with van der Waals surface area (Å²) in [5.41, 5.74) is 0.591. The summed E-state index contributed by atoms with van der Waals surface area (Å²) < 4.78 is 2.36. The third-order valence-electron chi connectivity index (χ3n) is 2.59. The van der Waals surface area contributed by atoms with Crippen LogP contribution in [0.4, 0.5) is 0 Å². The summed E-state index contributed by atoms with van der Waals surface area (Å²) in [5.74, 6) is 0.645. The Morgan fingerprint density at radius 2 is 2.29 bits per heavy atom. The normalized spacial score (nSPS) is 10.4. The van der Waals surface area contributed by atoms with E-state index in [1.54, 1.807) is 19.2 Å². The van der Waals surface area contributed by atoms with Crippen molar-refractivity contribution >= 4 is 26.8 Å². The van der Waals surface area contributed by atoms with Crippen molar-refractivity contribution in [3.05, 3.63) is 38.9 Å². The molecular weight excluding hydrogens is 282 g/mol. The van der Waals surface area contributed by atoms with Crippen molar-refractivity contribution in [2.45, 2.75) is 12.8 Å². The summed E-state index contributed by atoms with van der Waals surface area (Å²) >= 11 is 3.33. The van der Waals surface area contributed by atoms with Crippen LogP contribution in [0.1, 0.15) is 12.2 Å². The standard InChI is InChI=1S/C12H10BrN3O/c1-16-11(3-2-6-14)15-10-5-4-8(13)7-9(10)12(16)17/h4-5,7H,2-3H2,1H3. The molecule has 0 saturated carbocycles. The second kappa shape index (κ2) is 4.68. The Bertz CT molecular complexity index is 670. The summed E-state index contributed by atoms with van der Waals surface area (Å²) in [6.07, 6.45) is 0.858. The molecule has 0 aliphatic carbocycles. The quantitative estimate of drug-likeness (QED) is 0.852. The van der Waals surface area contributed by atoms with Gasteiger partial charge >= 0.3 is 0 Å². The van der Waals surface area contributed by atoms with Crippen molar-refractivity contribution in [2.75, 3.05) is 0 Å². The number of aryl methyl sites for hydroxylation is 1. The van der Waals surface area contributed by atoms with E-state index in [4.69, 9.17) is 5.26 Å². The molecule has 0 fully saturated rings. The van der Waals surface area contributed by atoms with Gasteiger partial charge in [0.2, 0.25) is 0 Å². The molecule has 0 spiro atoms. The highest BCUT2D eigenvalue weighted by Crippen LogP contribution is 2.15. The first-order valence-electron chi connectivity index (χ1n) is 5.15. The Kier molecular flexibility index (Phi) is 3.25. The van der Waals surface area contributed by atoms with Crippen LogP contribution in [0, 0.1) is 11.3 Å². The molecule has 0 aliphatic heterocycles. The molecule has 1 aromatic carbocycles. The molecule has 0 radical (unpaired) electrons. The van der Waals surface area contributed by atoms with Crippen LogP contribution in [0.15, 0.2) is 27.5 Å².